The second kappa shape index (κ2) is 5.69. The maximum absolute atomic E-state index is 10.5. The summed E-state index contributed by atoms with van der Waals surface area (Å²) in [6.45, 7) is 0. The molecule has 0 atom stereocenters. The van der Waals surface area contributed by atoms with Crippen LogP contribution in [0.3, 0.4) is 0 Å². The fourth-order valence-corrected chi connectivity index (χ4v) is 0.759. The van der Waals surface area contributed by atoms with Crippen LogP contribution in [0.5, 0.6) is 0 Å². The summed E-state index contributed by atoms with van der Waals surface area (Å²) in [7, 11) is 0. The molecule has 0 amide bonds. The van der Waals surface area contributed by atoms with Gasteiger partial charge in [-0.2, -0.15) is 0 Å². The van der Waals surface area contributed by atoms with Crippen LogP contribution in [0.25, 0.3) is 0 Å². The molecule has 0 saturated heterocycles. The molecule has 0 aromatic heterocycles. The molecule has 0 aliphatic heterocycles. The van der Waals surface area contributed by atoms with Gasteiger partial charge in [-0.1, -0.05) is 0 Å². The fraction of sp³-hybridized carbons (Fsp3) is 0.667. The predicted molar refractivity (Wildman–Crippen MR) is 40.4 cm³/mol. The lowest BCUT2D eigenvalue weighted by molar-refractivity contribution is -0.117. The lowest BCUT2D eigenvalue weighted by Crippen LogP contribution is -1.99. The minimum atomic E-state index is -0.401. The predicted octanol–water partition coefficient (Wildman–Crippen LogP) is 1.73. The van der Waals surface area contributed by atoms with E-state index in [2.05, 4.69) is 0 Å². The van der Waals surface area contributed by atoms with E-state index in [1.807, 2.05) is 0 Å². The van der Waals surface area contributed by atoms with Gasteiger partial charge in [-0.05, 0) is 18.0 Å². The second-order valence-corrected chi connectivity index (χ2v) is 2.57. The third-order valence-electron chi connectivity index (χ3n) is 0.978. The normalized spacial score (nSPS) is 9.40. The zero-order chi connectivity index (χ0) is 7.98. The van der Waals surface area contributed by atoms with Gasteiger partial charge in [-0.25, -0.2) is 0 Å². The van der Waals surface area contributed by atoms with Crippen molar-refractivity contribution in [2.24, 2.45) is 0 Å². The monoisotopic (exact) mass is 182 g/mol. The molecule has 0 bridgehead atoms. The third kappa shape index (κ3) is 6.05. The number of Topliss-reactive ketones (excluding diaryl/α,β-unsaturated/α-hetero) is 1. The summed E-state index contributed by atoms with van der Waals surface area (Å²) in [4.78, 5) is 20.6. The molecule has 0 unspecified atom stereocenters. The van der Waals surface area contributed by atoms with Gasteiger partial charge >= 0.3 is 0 Å². The second-order valence-electron chi connectivity index (χ2n) is 1.88. The Bertz CT molecular complexity index is 134. The van der Waals surface area contributed by atoms with E-state index in [0.717, 1.165) is 0 Å². The number of halogens is 2. The first-order chi connectivity index (χ1) is 4.66. The zero-order valence-electron chi connectivity index (χ0n) is 5.40. The molecule has 0 radical (unpaired) electrons. The van der Waals surface area contributed by atoms with Crippen LogP contribution in [-0.4, -0.2) is 16.9 Å². The lowest BCUT2D eigenvalue weighted by atomic mass is 10.2. The van der Waals surface area contributed by atoms with Crippen LogP contribution in [0.2, 0.25) is 0 Å². The Morgan fingerprint density at radius 1 is 1.20 bits per heavy atom. The first kappa shape index (κ1) is 9.92. The molecule has 0 aromatic carbocycles. The van der Waals surface area contributed by atoms with Crippen LogP contribution in [0, 0.1) is 0 Å². The smallest absolute Gasteiger partial charge is 0.221 e. The molecule has 0 aliphatic rings. The molecule has 58 valence electrons. The molecule has 10 heavy (non-hydrogen) atoms. The number of hydrogen-bond donors (Lipinski definition) is 0. The Kier molecular flexibility index (Phi) is 5.64. The van der Waals surface area contributed by atoms with E-state index in [4.69, 9.17) is 23.2 Å². The first-order valence-electron chi connectivity index (χ1n) is 2.93. The SMILES string of the molecule is O=C(Cl)CCCC(=O)CCl. The molecule has 2 nitrogen and oxygen atoms in total. The summed E-state index contributed by atoms with van der Waals surface area (Å²) in [5.74, 6) is -0.0178. The quantitative estimate of drug-likeness (QED) is 0.480. The lowest BCUT2D eigenvalue weighted by Gasteiger charge is -1.91. The van der Waals surface area contributed by atoms with E-state index < -0.39 is 5.24 Å². The third-order valence-corrected chi connectivity index (χ3v) is 1.47. The summed E-state index contributed by atoms with van der Waals surface area (Å²) < 4.78 is 0. The van der Waals surface area contributed by atoms with E-state index >= 15 is 0 Å². The van der Waals surface area contributed by atoms with Crippen LogP contribution in [-0.2, 0) is 9.59 Å². The highest BCUT2D eigenvalue weighted by molar-refractivity contribution is 6.63. The van der Waals surface area contributed by atoms with Crippen molar-refractivity contribution < 1.29 is 9.59 Å². The summed E-state index contributed by atoms with van der Waals surface area (Å²) in [6.07, 6.45) is 1.11. The average molecular weight is 183 g/mol. The minimum absolute atomic E-state index is 0.0243. The highest BCUT2D eigenvalue weighted by atomic mass is 35.5. The van der Waals surface area contributed by atoms with Crippen LogP contribution >= 0.6 is 23.2 Å². The van der Waals surface area contributed by atoms with E-state index in [9.17, 15) is 9.59 Å². The van der Waals surface area contributed by atoms with Crippen molar-refractivity contribution in [3.05, 3.63) is 0 Å². The number of hydrogen-bond acceptors (Lipinski definition) is 2. The molecule has 0 rings (SSSR count). The maximum Gasteiger partial charge on any atom is 0.221 e. The number of rotatable bonds is 5. The Labute approximate surface area is 69.5 Å². The molecule has 0 saturated carbocycles. The van der Waals surface area contributed by atoms with Gasteiger partial charge in [0.15, 0.2) is 0 Å². The van der Waals surface area contributed by atoms with Gasteiger partial charge in [0.1, 0.15) is 5.78 Å². The van der Waals surface area contributed by atoms with Crippen molar-refractivity contribution in [1.29, 1.82) is 0 Å². The largest absolute Gasteiger partial charge is 0.298 e. The Morgan fingerprint density at radius 3 is 2.20 bits per heavy atom. The molecular weight excluding hydrogens is 175 g/mol. The number of carbonyl (C=O) groups is 2. The van der Waals surface area contributed by atoms with E-state index in [1.54, 1.807) is 0 Å². The topological polar surface area (TPSA) is 34.1 Å². The summed E-state index contributed by atoms with van der Waals surface area (Å²) >= 11 is 10.2. The average Bonchev–Trinajstić information content (AvgIpc) is 1.87. The first-order valence-corrected chi connectivity index (χ1v) is 3.84. The summed E-state index contributed by atoms with van der Waals surface area (Å²) in [6, 6.07) is 0. The molecule has 0 spiro atoms. The minimum Gasteiger partial charge on any atom is -0.298 e. The van der Waals surface area contributed by atoms with Gasteiger partial charge in [0.2, 0.25) is 5.24 Å². The van der Waals surface area contributed by atoms with E-state index in [0.29, 0.717) is 12.8 Å². The van der Waals surface area contributed by atoms with Gasteiger partial charge in [-0.3, -0.25) is 9.59 Å². The summed E-state index contributed by atoms with van der Waals surface area (Å²) in [5.41, 5.74) is 0. The Morgan fingerprint density at radius 2 is 1.80 bits per heavy atom. The van der Waals surface area contributed by atoms with Crippen molar-refractivity contribution >= 4 is 34.2 Å². The van der Waals surface area contributed by atoms with Gasteiger partial charge in [0, 0.05) is 12.8 Å². The molecule has 4 heteroatoms. The zero-order valence-corrected chi connectivity index (χ0v) is 6.91. The highest BCUT2D eigenvalue weighted by Gasteiger charge is 2.00. The van der Waals surface area contributed by atoms with Crippen molar-refractivity contribution in [2.45, 2.75) is 19.3 Å². The maximum atomic E-state index is 10.5. The van der Waals surface area contributed by atoms with Crippen molar-refractivity contribution in [2.75, 3.05) is 5.88 Å². The van der Waals surface area contributed by atoms with E-state index in [1.165, 1.54) is 0 Å². The highest BCUT2D eigenvalue weighted by Crippen LogP contribution is 2.00. The van der Waals surface area contributed by atoms with Crippen molar-refractivity contribution in [3.63, 3.8) is 0 Å². The number of ketones is 1. The van der Waals surface area contributed by atoms with Crippen molar-refractivity contribution in [1.82, 2.24) is 0 Å². The summed E-state index contributed by atoms with van der Waals surface area (Å²) in [5, 5.41) is -0.401. The van der Waals surface area contributed by atoms with Crippen molar-refractivity contribution in [3.8, 4) is 0 Å². The number of alkyl halides is 1. The number of carbonyl (C=O) groups excluding carboxylic acids is 2. The van der Waals surface area contributed by atoms with Crippen LogP contribution in [0.1, 0.15) is 19.3 Å². The van der Waals surface area contributed by atoms with Gasteiger partial charge in [-0.15, -0.1) is 11.6 Å². The molecule has 0 aliphatic carbocycles. The van der Waals surface area contributed by atoms with Crippen LogP contribution in [0.4, 0.5) is 0 Å². The molecule has 0 aromatic rings. The molecular formula is C6H8Cl2O2. The Balaban J connectivity index is 3.20. The molecule has 0 fully saturated rings. The molecule has 0 heterocycles. The van der Waals surface area contributed by atoms with Crippen LogP contribution in [0.15, 0.2) is 0 Å². The van der Waals surface area contributed by atoms with Gasteiger partial charge in [0.05, 0.1) is 5.88 Å². The van der Waals surface area contributed by atoms with E-state index in [-0.39, 0.29) is 18.1 Å². The fourth-order valence-electron chi connectivity index (χ4n) is 0.491. The van der Waals surface area contributed by atoms with Gasteiger partial charge < -0.3 is 0 Å². The Hall–Kier alpha value is -0.0800. The molecule has 0 N–H and O–H groups in total. The standard InChI is InChI=1S/C6H8Cl2O2/c7-4-5(9)2-1-3-6(8)10/h1-4H2. The van der Waals surface area contributed by atoms with Gasteiger partial charge in [0.25, 0.3) is 0 Å². The van der Waals surface area contributed by atoms with Crippen LogP contribution < -0.4 is 0 Å².